The standard InChI is InChI=1S/C16H30O2/c1-8-9-14(17)12-16(6,7)18-13(2)10-11-15(3,4)5/h10-11,13H,8-9,12H2,1-7H3/b11-10+. The van der Waals surface area contributed by atoms with Crippen molar-refractivity contribution in [2.24, 2.45) is 5.41 Å². The minimum absolute atomic E-state index is 0.0358. The van der Waals surface area contributed by atoms with Gasteiger partial charge in [0.05, 0.1) is 11.7 Å². The van der Waals surface area contributed by atoms with Gasteiger partial charge in [0.1, 0.15) is 5.78 Å². The Kier molecular flexibility index (Phi) is 6.83. The monoisotopic (exact) mass is 254 g/mol. The van der Waals surface area contributed by atoms with Gasteiger partial charge < -0.3 is 4.74 Å². The first-order valence-electron chi connectivity index (χ1n) is 6.94. The van der Waals surface area contributed by atoms with Gasteiger partial charge >= 0.3 is 0 Å². The first kappa shape index (κ1) is 17.4. The van der Waals surface area contributed by atoms with Gasteiger partial charge in [-0.1, -0.05) is 39.8 Å². The second-order valence-electron chi connectivity index (χ2n) is 6.77. The number of hydrogen-bond donors (Lipinski definition) is 0. The van der Waals surface area contributed by atoms with Gasteiger partial charge in [-0.15, -0.1) is 0 Å². The zero-order chi connectivity index (χ0) is 14.4. The van der Waals surface area contributed by atoms with E-state index in [0.29, 0.717) is 12.8 Å². The molecule has 0 saturated carbocycles. The summed E-state index contributed by atoms with van der Waals surface area (Å²) in [6, 6.07) is 0. The van der Waals surface area contributed by atoms with E-state index in [0.717, 1.165) is 6.42 Å². The molecule has 2 nitrogen and oxygen atoms in total. The van der Waals surface area contributed by atoms with Crippen LogP contribution in [0.1, 0.15) is 67.7 Å². The molecule has 2 heteroatoms. The van der Waals surface area contributed by atoms with Crippen LogP contribution in [0.3, 0.4) is 0 Å². The number of ketones is 1. The summed E-state index contributed by atoms with van der Waals surface area (Å²) >= 11 is 0. The molecular weight excluding hydrogens is 224 g/mol. The van der Waals surface area contributed by atoms with Gasteiger partial charge in [0, 0.05) is 12.8 Å². The zero-order valence-corrected chi connectivity index (χ0v) is 13.2. The highest BCUT2D eigenvalue weighted by molar-refractivity contribution is 5.79. The Morgan fingerprint density at radius 3 is 2.22 bits per heavy atom. The molecule has 0 aliphatic carbocycles. The van der Waals surface area contributed by atoms with E-state index in [1.807, 2.05) is 27.7 Å². The molecule has 1 atom stereocenters. The molecule has 0 N–H and O–H groups in total. The van der Waals surface area contributed by atoms with Crippen LogP contribution >= 0.6 is 0 Å². The summed E-state index contributed by atoms with van der Waals surface area (Å²) in [5.41, 5.74) is -0.215. The van der Waals surface area contributed by atoms with Crippen molar-refractivity contribution >= 4 is 5.78 Å². The molecule has 18 heavy (non-hydrogen) atoms. The minimum atomic E-state index is -0.381. The van der Waals surface area contributed by atoms with Crippen LogP contribution in [0.15, 0.2) is 12.2 Å². The van der Waals surface area contributed by atoms with E-state index >= 15 is 0 Å². The van der Waals surface area contributed by atoms with E-state index in [1.165, 1.54) is 0 Å². The predicted octanol–water partition coefficient (Wildman–Crippen LogP) is 4.53. The largest absolute Gasteiger partial charge is 0.368 e. The number of rotatable bonds is 7. The van der Waals surface area contributed by atoms with Gasteiger partial charge in [-0.3, -0.25) is 4.79 Å². The van der Waals surface area contributed by atoms with Gasteiger partial charge in [0.25, 0.3) is 0 Å². The van der Waals surface area contributed by atoms with Crippen molar-refractivity contribution in [3.8, 4) is 0 Å². The molecule has 0 rings (SSSR count). The lowest BCUT2D eigenvalue weighted by molar-refractivity contribution is -0.127. The molecular formula is C16H30O2. The molecule has 0 bridgehead atoms. The second-order valence-corrected chi connectivity index (χ2v) is 6.77. The summed E-state index contributed by atoms with van der Waals surface area (Å²) in [6.45, 7) is 14.5. The van der Waals surface area contributed by atoms with E-state index in [4.69, 9.17) is 4.74 Å². The molecule has 1 unspecified atom stereocenters. The van der Waals surface area contributed by atoms with Gasteiger partial charge in [-0.2, -0.15) is 0 Å². The van der Waals surface area contributed by atoms with Gasteiger partial charge in [0.2, 0.25) is 0 Å². The van der Waals surface area contributed by atoms with Crippen LogP contribution in [0.25, 0.3) is 0 Å². The number of Topliss-reactive ketones (excluding diaryl/α,β-unsaturated/α-hetero) is 1. The van der Waals surface area contributed by atoms with Gasteiger partial charge in [-0.05, 0) is 32.6 Å². The second kappa shape index (κ2) is 7.08. The van der Waals surface area contributed by atoms with Crippen LogP contribution in [-0.2, 0) is 9.53 Å². The Bertz CT molecular complexity index is 282. The van der Waals surface area contributed by atoms with Crippen molar-refractivity contribution in [1.82, 2.24) is 0 Å². The fourth-order valence-corrected chi connectivity index (χ4v) is 1.85. The summed E-state index contributed by atoms with van der Waals surface area (Å²) in [5.74, 6) is 0.287. The van der Waals surface area contributed by atoms with Crippen LogP contribution < -0.4 is 0 Å². The van der Waals surface area contributed by atoms with Crippen LogP contribution in [0.4, 0.5) is 0 Å². The predicted molar refractivity (Wildman–Crippen MR) is 77.8 cm³/mol. The van der Waals surface area contributed by atoms with Crippen LogP contribution in [0.2, 0.25) is 0 Å². The Labute approximate surface area is 113 Å². The van der Waals surface area contributed by atoms with E-state index in [-0.39, 0.29) is 22.9 Å². The molecule has 0 aliphatic rings. The summed E-state index contributed by atoms with van der Waals surface area (Å²) in [5, 5.41) is 0. The van der Waals surface area contributed by atoms with Crippen LogP contribution in [0, 0.1) is 5.41 Å². The third kappa shape index (κ3) is 9.41. The average Bonchev–Trinajstić information content (AvgIpc) is 2.12. The van der Waals surface area contributed by atoms with Crippen molar-refractivity contribution in [3.63, 3.8) is 0 Å². The molecule has 106 valence electrons. The molecule has 0 radical (unpaired) electrons. The highest BCUT2D eigenvalue weighted by Gasteiger charge is 2.24. The maximum Gasteiger partial charge on any atom is 0.135 e. The fourth-order valence-electron chi connectivity index (χ4n) is 1.85. The maximum absolute atomic E-state index is 11.7. The van der Waals surface area contributed by atoms with Crippen molar-refractivity contribution in [2.45, 2.75) is 79.4 Å². The lowest BCUT2D eigenvalue weighted by atomic mass is 9.95. The fraction of sp³-hybridized carbons (Fsp3) is 0.812. The highest BCUT2D eigenvalue weighted by atomic mass is 16.5. The summed E-state index contributed by atoms with van der Waals surface area (Å²) in [6.07, 6.45) is 6.32. The van der Waals surface area contributed by atoms with Crippen LogP contribution in [-0.4, -0.2) is 17.5 Å². The van der Waals surface area contributed by atoms with Crippen molar-refractivity contribution in [3.05, 3.63) is 12.2 Å². The molecule has 0 aromatic rings. The summed E-state index contributed by atoms with van der Waals surface area (Å²) in [4.78, 5) is 11.7. The highest BCUT2D eigenvalue weighted by Crippen LogP contribution is 2.21. The number of allylic oxidation sites excluding steroid dienone is 1. The quantitative estimate of drug-likeness (QED) is 0.624. The Balaban J connectivity index is 4.31. The smallest absolute Gasteiger partial charge is 0.135 e. The zero-order valence-electron chi connectivity index (χ0n) is 13.2. The molecule has 0 spiro atoms. The van der Waals surface area contributed by atoms with E-state index in [9.17, 15) is 4.79 Å². The summed E-state index contributed by atoms with van der Waals surface area (Å²) < 4.78 is 5.94. The van der Waals surface area contributed by atoms with Crippen molar-refractivity contribution < 1.29 is 9.53 Å². The van der Waals surface area contributed by atoms with E-state index < -0.39 is 0 Å². The topological polar surface area (TPSA) is 26.3 Å². The maximum atomic E-state index is 11.7. The van der Waals surface area contributed by atoms with E-state index in [1.54, 1.807) is 0 Å². The molecule has 0 aliphatic heterocycles. The molecule has 0 fully saturated rings. The number of carbonyl (C=O) groups is 1. The average molecular weight is 254 g/mol. The lowest BCUT2D eigenvalue weighted by Crippen LogP contribution is -2.31. The lowest BCUT2D eigenvalue weighted by Gasteiger charge is -2.28. The number of ether oxygens (including phenoxy) is 1. The Morgan fingerprint density at radius 2 is 1.78 bits per heavy atom. The van der Waals surface area contributed by atoms with Gasteiger partial charge in [0.15, 0.2) is 0 Å². The minimum Gasteiger partial charge on any atom is -0.368 e. The molecule has 0 aromatic carbocycles. The van der Waals surface area contributed by atoms with Crippen molar-refractivity contribution in [1.29, 1.82) is 0 Å². The molecule has 0 aromatic heterocycles. The van der Waals surface area contributed by atoms with E-state index in [2.05, 4.69) is 32.9 Å². The normalized spacial score (nSPS) is 15.1. The SMILES string of the molecule is CCCC(=O)CC(C)(C)OC(C)/C=C/C(C)(C)C. The third-order valence-corrected chi connectivity index (χ3v) is 2.52. The van der Waals surface area contributed by atoms with Gasteiger partial charge in [-0.25, -0.2) is 0 Å². The molecule has 0 amide bonds. The molecule has 0 heterocycles. The first-order chi connectivity index (χ1) is 8.06. The number of carbonyl (C=O) groups excluding carboxylic acids is 1. The Hall–Kier alpha value is -0.630. The first-order valence-corrected chi connectivity index (χ1v) is 6.94. The number of hydrogen-bond acceptors (Lipinski definition) is 2. The molecule has 0 saturated heterocycles. The third-order valence-electron chi connectivity index (χ3n) is 2.52. The summed E-state index contributed by atoms with van der Waals surface area (Å²) in [7, 11) is 0. The van der Waals surface area contributed by atoms with Crippen LogP contribution in [0.5, 0.6) is 0 Å². The Morgan fingerprint density at radius 1 is 1.22 bits per heavy atom. The van der Waals surface area contributed by atoms with Crippen molar-refractivity contribution in [2.75, 3.05) is 0 Å².